The molecule has 0 bridgehead atoms. The Bertz CT molecular complexity index is 716. The summed E-state index contributed by atoms with van der Waals surface area (Å²) in [6.45, 7) is 8.41. The maximum absolute atomic E-state index is 5.78. The second-order valence-corrected chi connectivity index (χ2v) is 8.01. The maximum atomic E-state index is 5.78. The Kier molecular flexibility index (Phi) is 11.8. The van der Waals surface area contributed by atoms with E-state index in [-0.39, 0.29) is 5.41 Å². The summed E-state index contributed by atoms with van der Waals surface area (Å²) < 4.78 is 27.2. The fourth-order valence-corrected chi connectivity index (χ4v) is 3.14. The average Bonchev–Trinajstić information content (AvgIpc) is 2.79. The molecule has 172 valence electrons. The molecule has 6 heteroatoms. The van der Waals surface area contributed by atoms with Gasteiger partial charge in [0, 0.05) is 18.4 Å². The van der Waals surface area contributed by atoms with E-state index in [2.05, 4.69) is 38.1 Å². The van der Waals surface area contributed by atoms with Crippen LogP contribution in [0.3, 0.4) is 0 Å². The third kappa shape index (κ3) is 9.08. The number of hydrogen-bond acceptors (Lipinski definition) is 5. The van der Waals surface area contributed by atoms with Crippen molar-refractivity contribution in [2.45, 2.75) is 25.7 Å². The smallest absolute Gasteiger partial charge is 0.119 e. The lowest BCUT2D eigenvalue weighted by Gasteiger charge is -2.26. The first-order valence-corrected chi connectivity index (χ1v) is 11.3. The van der Waals surface area contributed by atoms with Crippen molar-refractivity contribution in [1.82, 2.24) is 0 Å². The van der Waals surface area contributed by atoms with Gasteiger partial charge in [0.15, 0.2) is 0 Å². The van der Waals surface area contributed by atoms with E-state index in [9.17, 15) is 0 Å². The van der Waals surface area contributed by atoms with Crippen LogP contribution in [0.2, 0.25) is 0 Å². The second-order valence-electron chi connectivity index (χ2n) is 7.63. The van der Waals surface area contributed by atoms with Gasteiger partial charge in [-0.05, 0) is 41.8 Å². The van der Waals surface area contributed by atoms with Gasteiger partial charge in [0.25, 0.3) is 0 Å². The van der Waals surface area contributed by atoms with Gasteiger partial charge < -0.3 is 23.7 Å². The molecule has 2 aromatic carbocycles. The van der Waals surface area contributed by atoms with Crippen LogP contribution < -0.4 is 9.47 Å². The van der Waals surface area contributed by atoms with Gasteiger partial charge in [-0.1, -0.05) is 38.1 Å². The van der Waals surface area contributed by atoms with Crippen molar-refractivity contribution in [3.05, 3.63) is 59.7 Å². The second kappa shape index (κ2) is 14.3. The van der Waals surface area contributed by atoms with Crippen molar-refractivity contribution < 1.29 is 23.7 Å². The molecule has 0 unspecified atom stereocenters. The molecule has 0 amide bonds. The van der Waals surface area contributed by atoms with Gasteiger partial charge in [-0.2, -0.15) is 0 Å². The third-order valence-electron chi connectivity index (χ3n) is 5.00. The topological polar surface area (TPSA) is 46.2 Å². The molecule has 0 saturated carbocycles. The normalized spacial score (nSPS) is 11.5. The fourth-order valence-electron chi connectivity index (χ4n) is 3.03. The summed E-state index contributed by atoms with van der Waals surface area (Å²) in [6.07, 6.45) is 0.846. The summed E-state index contributed by atoms with van der Waals surface area (Å²) in [6, 6.07) is 16.5. The molecule has 0 fully saturated rings. The lowest BCUT2D eigenvalue weighted by molar-refractivity contribution is 0.0180. The van der Waals surface area contributed by atoms with Crippen molar-refractivity contribution in [2.24, 2.45) is 0 Å². The van der Waals surface area contributed by atoms with Crippen LogP contribution in [-0.2, 0) is 19.6 Å². The van der Waals surface area contributed by atoms with Gasteiger partial charge in [0.2, 0.25) is 0 Å². The molecule has 0 radical (unpaired) electrons. The minimum atomic E-state index is -0.126. The summed E-state index contributed by atoms with van der Waals surface area (Å²) in [5.41, 5.74) is 2.33. The van der Waals surface area contributed by atoms with Crippen LogP contribution in [0.25, 0.3) is 0 Å². The fraction of sp³-hybridized carbons (Fsp3) is 0.520. The molecular formula is C25H35ClO5. The van der Waals surface area contributed by atoms with Crippen LogP contribution in [0.4, 0.5) is 0 Å². The molecule has 0 saturated heterocycles. The number of hydrogen-bond donors (Lipinski definition) is 0. The first-order valence-electron chi connectivity index (χ1n) is 10.7. The van der Waals surface area contributed by atoms with Crippen molar-refractivity contribution in [3.63, 3.8) is 0 Å². The minimum absolute atomic E-state index is 0.126. The zero-order chi connectivity index (χ0) is 22.4. The predicted molar refractivity (Wildman–Crippen MR) is 125 cm³/mol. The molecule has 0 aliphatic rings. The molecule has 2 aromatic rings. The molecule has 0 spiro atoms. The Hall–Kier alpha value is -1.79. The Morgan fingerprint density at radius 2 is 1.10 bits per heavy atom. The van der Waals surface area contributed by atoms with E-state index in [4.69, 9.17) is 35.3 Å². The van der Waals surface area contributed by atoms with Crippen LogP contribution >= 0.6 is 11.6 Å². The molecular weight excluding hydrogens is 416 g/mol. The summed E-state index contributed by atoms with van der Waals surface area (Å²) in [7, 11) is 1.66. The van der Waals surface area contributed by atoms with Crippen molar-refractivity contribution >= 4 is 11.6 Å². The lowest BCUT2D eigenvalue weighted by Crippen LogP contribution is -2.18. The zero-order valence-corrected chi connectivity index (χ0v) is 19.7. The summed E-state index contributed by atoms with van der Waals surface area (Å²) in [5.74, 6) is 2.32. The van der Waals surface area contributed by atoms with Crippen molar-refractivity contribution in [3.8, 4) is 11.5 Å². The SMILES string of the molecule is COCCOCCOCCOc1ccc(C(C)(C)c2ccc(OCCCCl)cc2)cc1. The van der Waals surface area contributed by atoms with Gasteiger partial charge in [-0.3, -0.25) is 0 Å². The Morgan fingerprint density at radius 1 is 0.645 bits per heavy atom. The van der Waals surface area contributed by atoms with E-state index in [0.29, 0.717) is 52.1 Å². The van der Waals surface area contributed by atoms with E-state index in [1.54, 1.807) is 7.11 Å². The van der Waals surface area contributed by atoms with Crippen LogP contribution in [-0.4, -0.2) is 59.2 Å². The summed E-state index contributed by atoms with van der Waals surface area (Å²) in [5, 5.41) is 0. The van der Waals surface area contributed by atoms with Crippen LogP contribution in [0.15, 0.2) is 48.5 Å². The van der Waals surface area contributed by atoms with Crippen LogP contribution in [0.1, 0.15) is 31.4 Å². The Balaban J connectivity index is 1.76. The molecule has 0 aromatic heterocycles. The van der Waals surface area contributed by atoms with E-state index >= 15 is 0 Å². The molecule has 0 N–H and O–H groups in total. The highest BCUT2D eigenvalue weighted by Crippen LogP contribution is 2.33. The monoisotopic (exact) mass is 450 g/mol. The highest BCUT2D eigenvalue weighted by Gasteiger charge is 2.23. The van der Waals surface area contributed by atoms with Gasteiger partial charge in [-0.25, -0.2) is 0 Å². The van der Waals surface area contributed by atoms with Crippen molar-refractivity contribution in [2.75, 3.05) is 59.2 Å². The van der Waals surface area contributed by atoms with Crippen LogP contribution in [0, 0.1) is 0 Å². The van der Waals surface area contributed by atoms with Gasteiger partial charge >= 0.3 is 0 Å². The number of methoxy groups -OCH3 is 1. The lowest BCUT2D eigenvalue weighted by atomic mass is 9.78. The number of halogens is 1. The first kappa shape index (κ1) is 25.5. The maximum Gasteiger partial charge on any atom is 0.119 e. The van der Waals surface area contributed by atoms with E-state index < -0.39 is 0 Å². The number of benzene rings is 2. The Labute approximate surface area is 191 Å². The zero-order valence-electron chi connectivity index (χ0n) is 18.9. The Morgan fingerprint density at radius 3 is 1.58 bits per heavy atom. The number of alkyl halides is 1. The van der Waals surface area contributed by atoms with E-state index in [1.807, 2.05) is 24.3 Å². The summed E-state index contributed by atoms with van der Waals surface area (Å²) in [4.78, 5) is 0. The predicted octanol–water partition coefficient (Wildman–Crippen LogP) is 5.08. The minimum Gasteiger partial charge on any atom is -0.494 e. The quantitative estimate of drug-likeness (QED) is 0.263. The molecule has 0 aliphatic heterocycles. The van der Waals surface area contributed by atoms with Gasteiger partial charge in [0.05, 0.1) is 39.6 Å². The molecule has 31 heavy (non-hydrogen) atoms. The largest absolute Gasteiger partial charge is 0.494 e. The molecule has 5 nitrogen and oxygen atoms in total. The molecule has 0 aliphatic carbocycles. The molecule has 2 rings (SSSR count). The molecule has 0 atom stereocenters. The summed E-state index contributed by atoms with van der Waals surface area (Å²) >= 11 is 5.70. The standard InChI is InChI=1S/C25H35ClO5/c1-25(2,21-5-9-23(10-6-21)30-14-4-13-26)22-7-11-24(12-8-22)31-20-19-29-18-17-28-16-15-27-3/h5-12H,4,13-20H2,1-3H3. The highest BCUT2D eigenvalue weighted by molar-refractivity contribution is 6.17. The van der Waals surface area contributed by atoms with Crippen LogP contribution in [0.5, 0.6) is 11.5 Å². The van der Waals surface area contributed by atoms with Gasteiger partial charge in [-0.15, -0.1) is 11.6 Å². The number of rotatable bonds is 16. The van der Waals surface area contributed by atoms with Crippen molar-refractivity contribution in [1.29, 1.82) is 0 Å². The van der Waals surface area contributed by atoms with Gasteiger partial charge in [0.1, 0.15) is 18.1 Å². The molecule has 0 heterocycles. The number of ether oxygens (including phenoxy) is 5. The van der Waals surface area contributed by atoms with E-state index in [1.165, 1.54) is 11.1 Å². The average molecular weight is 451 g/mol. The third-order valence-corrected chi connectivity index (χ3v) is 5.27. The first-order chi connectivity index (χ1) is 15.1. The highest BCUT2D eigenvalue weighted by atomic mass is 35.5. The van der Waals surface area contributed by atoms with E-state index in [0.717, 1.165) is 17.9 Å².